The number of aliphatic imine (C=N–C) groups is 1. The number of nitrogens with one attached hydrogen (secondary N) is 1. The van der Waals surface area contributed by atoms with Crippen LogP contribution in [0.25, 0.3) is 0 Å². The summed E-state index contributed by atoms with van der Waals surface area (Å²) >= 11 is 5.77. The Kier molecular flexibility index (Phi) is 5.38. The van der Waals surface area contributed by atoms with Crippen molar-refractivity contribution in [1.82, 2.24) is 10.3 Å². The fourth-order valence-electron chi connectivity index (χ4n) is 1.70. The second kappa shape index (κ2) is 7.50. The van der Waals surface area contributed by atoms with Crippen molar-refractivity contribution < 1.29 is 0 Å². The Labute approximate surface area is 123 Å². The third-order valence-electron chi connectivity index (χ3n) is 2.76. The molecule has 1 aromatic carbocycles. The first-order valence-electron chi connectivity index (χ1n) is 6.42. The zero-order chi connectivity index (χ0) is 14.2. The summed E-state index contributed by atoms with van der Waals surface area (Å²) in [4.78, 5) is 8.39. The highest BCUT2D eigenvalue weighted by Gasteiger charge is 1.96. The van der Waals surface area contributed by atoms with Crippen LogP contribution in [0, 0.1) is 0 Å². The Hall–Kier alpha value is -2.07. The van der Waals surface area contributed by atoms with Crippen LogP contribution in [0.4, 0.5) is 0 Å². The van der Waals surface area contributed by atoms with Crippen LogP contribution in [0.15, 0.2) is 53.7 Å². The van der Waals surface area contributed by atoms with Crippen molar-refractivity contribution >= 4 is 17.6 Å². The summed E-state index contributed by atoms with van der Waals surface area (Å²) < 4.78 is 0. The molecule has 104 valence electrons. The average molecular weight is 289 g/mol. The lowest BCUT2D eigenvalue weighted by molar-refractivity contribution is 0.844. The van der Waals surface area contributed by atoms with Gasteiger partial charge in [0.05, 0.1) is 17.3 Å². The van der Waals surface area contributed by atoms with Crippen molar-refractivity contribution in [3.05, 3.63) is 64.9 Å². The van der Waals surface area contributed by atoms with E-state index in [1.54, 1.807) is 12.3 Å². The Balaban J connectivity index is 1.75. The fraction of sp³-hybridized carbons (Fsp3) is 0.200. The number of hydrogen-bond acceptors (Lipinski definition) is 2. The molecule has 0 fully saturated rings. The van der Waals surface area contributed by atoms with Gasteiger partial charge in [-0.2, -0.15) is 0 Å². The standard InChI is InChI=1S/C15H17ClN4/c16-13-6-7-14(19-10-13)11-20-15(17)18-9-8-12-4-2-1-3-5-12/h1-7,10H,8-9,11H2,(H3,17,18,20). The highest BCUT2D eigenvalue weighted by molar-refractivity contribution is 6.30. The number of nitrogens with two attached hydrogens (primary N) is 1. The summed E-state index contributed by atoms with van der Waals surface area (Å²) in [6, 6.07) is 13.9. The van der Waals surface area contributed by atoms with Crippen molar-refractivity contribution in [3.63, 3.8) is 0 Å². The maximum atomic E-state index is 5.80. The van der Waals surface area contributed by atoms with Crippen molar-refractivity contribution in [3.8, 4) is 0 Å². The van der Waals surface area contributed by atoms with Crippen LogP contribution >= 0.6 is 11.6 Å². The number of pyridine rings is 1. The first-order valence-corrected chi connectivity index (χ1v) is 6.80. The van der Waals surface area contributed by atoms with Gasteiger partial charge in [-0.05, 0) is 24.1 Å². The van der Waals surface area contributed by atoms with Gasteiger partial charge in [0.1, 0.15) is 0 Å². The Morgan fingerprint density at radius 1 is 1.20 bits per heavy atom. The molecule has 2 rings (SSSR count). The number of aromatic nitrogens is 1. The Morgan fingerprint density at radius 3 is 2.70 bits per heavy atom. The maximum Gasteiger partial charge on any atom is 0.188 e. The molecule has 5 heteroatoms. The van der Waals surface area contributed by atoms with Gasteiger partial charge in [-0.3, -0.25) is 4.98 Å². The normalized spacial score (nSPS) is 11.3. The van der Waals surface area contributed by atoms with E-state index >= 15 is 0 Å². The largest absolute Gasteiger partial charge is 0.370 e. The molecule has 0 bridgehead atoms. The Bertz CT molecular complexity index is 552. The molecule has 4 nitrogen and oxygen atoms in total. The third-order valence-corrected chi connectivity index (χ3v) is 2.99. The molecule has 0 atom stereocenters. The first kappa shape index (κ1) is 14.3. The molecule has 0 saturated carbocycles. The second-order valence-corrected chi connectivity index (χ2v) is 4.77. The number of guanidine groups is 1. The predicted molar refractivity (Wildman–Crippen MR) is 82.7 cm³/mol. The van der Waals surface area contributed by atoms with E-state index in [1.165, 1.54) is 5.56 Å². The molecule has 0 spiro atoms. The highest BCUT2D eigenvalue weighted by atomic mass is 35.5. The van der Waals surface area contributed by atoms with Crippen LogP contribution < -0.4 is 11.1 Å². The molecule has 0 saturated heterocycles. The van der Waals surface area contributed by atoms with Crippen molar-refractivity contribution in [2.24, 2.45) is 10.7 Å². The summed E-state index contributed by atoms with van der Waals surface area (Å²) in [5.41, 5.74) is 7.91. The van der Waals surface area contributed by atoms with Gasteiger partial charge in [-0.1, -0.05) is 41.9 Å². The van der Waals surface area contributed by atoms with E-state index in [-0.39, 0.29) is 0 Å². The van der Waals surface area contributed by atoms with E-state index < -0.39 is 0 Å². The van der Waals surface area contributed by atoms with Gasteiger partial charge < -0.3 is 11.1 Å². The van der Waals surface area contributed by atoms with Gasteiger partial charge in [-0.15, -0.1) is 0 Å². The molecule has 20 heavy (non-hydrogen) atoms. The van der Waals surface area contributed by atoms with Crippen LogP contribution in [0.1, 0.15) is 11.3 Å². The van der Waals surface area contributed by atoms with E-state index in [4.69, 9.17) is 17.3 Å². The van der Waals surface area contributed by atoms with Gasteiger partial charge in [0.2, 0.25) is 0 Å². The van der Waals surface area contributed by atoms with Crippen LogP contribution in [0.2, 0.25) is 5.02 Å². The minimum Gasteiger partial charge on any atom is -0.370 e. The predicted octanol–water partition coefficient (Wildman–Crippen LogP) is 2.38. The van der Waals surface area contributed by atoms with E-state index in [0.717, 1.165) is 18.7 Å². The van der Waals surface area contributed by atoms with E-state index in [1.807, 2.05) is 24.3 Å². The molecule has 0 unspecified atom stereocenters. The molecule has 0 aliphatic heterocycles. The van der Waals surface area contributed by atoms with Gasteiger partial charge in [0.15, 0.2) is 5.96 Å². The highest BCUT2D eigenvalue weighted by Crippen LogP contribution is 2.06. The van der Waals surface area contributed by atoms with Gasteiger partial charge >= 0.3 is 0 Å². The molecular formula is C15H17ClN4. The number of hydrogen-bond donors (Lipinski definition) is 2. The maximum absolute atomic E-state index is 5.80. The topological polar surface area (TPSA) is 63.3 Å². The lowest BCUT2D eigenvalue weighted by Gasteiger charge is -2.05. The average Bonchev–Trinajstić information content (AvgIpc) is 2.48. The molecule has 0 radical (unpaired) electrons. The smallest absolute Gasteiger partial charge is 0.188 e. The van der Waals surface area contributed by atoms with Crippen LogP contribution in [-0.4, -0.2) is 17.5 Å². The van der Waals surface area contributed by atoms with E-state index in [2.05, 4.69) is 27.4 Å². The monoisotopic (exact) mass is 288 g/mol. The van der Waals surface area contributed by atoms with Crippen LogP contribution in [-0.2, 0) is 13.0 Å². The number of benzene rings is 1. The summed E-state index contributed by atoms with van der Waals surface area (Å²) in [5.74, 6) is 0.428. The molecule has 1 heterocycles. The minimum atomic E-state index is 0.428. The molecule has 0 aliphatic rings. The lowest BCUT2D eigenvalue weighted by atomic mass is 10.1. The van der Waals surface area contributed by atoms with Gasteiger partial charge in [-0.25, -0.2) is 4.99 Å². The second-order valence-electron chi connectivity index (χ2n) is 4.33. The molecule has 0 amide bonds. The zero-order valence-electron chi connectivity index (χ0n) is 11.1. The quantitative estimate of drug-likeness (QED) is 0.656. The molecule has 2 aromatic rings. The molecule has 3 N–H and O–H groups in total. The zero-order valence-corrected chi connectivity index (χ0v) is 11.8. The SMILES string of the molecule is NC(=NCc1ccc(Cl)cn1)NCCc1ccccc1. The summed E-state index contributed by atoms with van der Waals surface area (Å²) in [7, 11) is 0. The van der Waals surface area contributed by atoms with Gasteiger partial charge in [0.25, 0.3) is 0 Å². The van der Waals surface area contributed by atoms with Crippen molar-refractivity contribution in [2.75, 3.05) is 6.54 Å². The van der Waals surface area contributed by atoms with Crippen LogP contribution in [0.5, 0.6) is 0 Å². The summed E-state index contributed by atoms with van der Waals surface area (Å²) in [5, 5.41) is 3.70. The molecular weight excluding hydrogens is 272 g/mol. The van der Waals surface area contributed by atoms with Gasteiger partial charge in [0, 0.05) is 12.7 Å². The fourth-order valence-corrected chi connectivity index (χ4v) is 1.81. The first-order chi connectivity index (χ1) is 9.74. The third kappa shape index (κ3) is 4.90. The number of nitrogens with zero attached hydrogens (tertiary/aromatic N) is 2. The summed E-state index contributed by atoms with van der Waals surface area (Å²) in [6.07, 6.45) is 2.52. The van der Waals surface area contributed by atoms with E-state index in [9.17, 15) is 0 Å². The van der Waals surface area contributed by atoms with E-state index in [0.29, 0.717) is 17.5 Å². The molecule has 1 aromatic heterocycles. The van der Waals surface area contributed by atoms with Crippen molar-refractivity contribution in [1.29, 1.82) is 0 Å². The van der Waals surface area contributed by atoms with Crippen LogP contribution in [0.3, 0.4) is 0 Å². The van der Waals surface area contributed by atoms with Crippen molar-refractivity contribution in [2.45, 2.75) is 13.0 Å². The Morgan fingerprint density at radius 2 is 2.00 bits per heavy atom. The number of rotatable bonds is 5. The lowest BCUT2D eigenvalue weighted by Crippen LogP contribution is -2.33. The molecule has 0 aliphatic carbocycles. The minimum absolute atomic E-state index is 0.428. The number of halogens is 1. The summed E-state index contributed by atoms with van der Waals surface area (Å²) in [6.45, 7) is 1.20.